The van der Waals surface area contributed by atoms with Crippen molar-refractivity contribution < 1.29 is 9.53 Å². The summed E-state index contributed by atoms with van der Waals surface area (Å²) in [6.07, 6.45) is 1.73. The maximum absolute atomic E-state index is 12.3. The number of benzene rings is 1. The van der Waals surface area contributed by atoms with Crippen LogP contribution in [0.4, 0.5) is 0 Å². The van der Waals surface area contributed by atoms with Crippen LogP contribution < -0.4 is 15.4 Å². The molecule has 2 rings (SSSR count). The maximum Gasteiger partial charge on any atom is 0.275 e. The minimum atomic E-state index is -0.236. The van der Waals surface area contributed by atoms with Crippen LogP contribution in [0.25, 0.3) is 5.69 Å². The smallest absolute Gasteiger partial charge is 0.275 e. The number of amides is 1. The molecule has 6 nitrogen and oxygen atoms in total. The molecule has 2 N–H and O–H groups in total. The lowest BCUT2D eigenvalue weighted by atomic mass is 10.3. The van der Waals surface area contributed by atoms with Gasteiger partial charge in [0.1, 0.15) is 0 Å². The van der Waals surface area contributed by atoms with Crippen LogP contribution in [-0.2, 0) is 0 Å². The summed E-state index contributed by atoms with van der Waals surface area (Å²) in [6.45, 7) is 4.88. The van der Waals surface area contributed by atoms with Gasteiger partial charge in [0.15, 0.2) is 11.4 Å². The number of rotatable bonds is 7. The second-order valence-corrected chi connectivity index (χ2v) is 4.95. The van der Waals surface area contributed by atoms with Gasteiger partial charge in [0.2, 0.25) is 0 Å². The first-order valence-electron chi connectivity index (χ1n) is 7.39. The van der Waals surface area contributed by atoms with Gasteiger partial charge in [-0.1, -0.05) is 18.2 Å². The van der Waals surface area contributed by atoms with Crippen LogP contribution in [-0.4, -0.2) is 41.9 Å². The number of carbonyl (C=O) groups excluding carboxylic acids is 1. The summed E-state index contributed by atoms with van der Waals surface area (Å²) in [4.78, 5) is 12.3. The van der Waals surface area contributed by atoms with Gasteiger partial charge >= 0.3 is 0 Å². The molecule has 1 amide bonds. The van der Waals surface area contributed by atoms with E-state index in [1.807, 2.05) is 51.2 Å². The predicted molar refractivity (Wildman–Crippen MR) is 85.6 cm³/mol. The van der Waals surface area contributed by atoms with Crippen LogP contribution in [0, 0.1) is 0 Å². The summed E-state index contributed by atoms with van der Waals surface area (Å²) in [5, 5.41) is 10.3. The number of nitrogens with zero attached hydrogens (tertiary/aromatic N) is 2. The lowest BCUT2D eigenvalue weighted by Crippen LogP contribution is -2.37. The van der Waals surface area contributed by atoms with Crippen LogP contribution >= 0.6 is 0 Å². The largest absolute Gasteiger partial charge is 0.490 e. The van der Waals surface area contributed by atoms with E-state index in [0.29, 0.717) is 24.6 Å². The normalized spacial score (nSPS) is 12.0. The van der Waals surface area contributed by atoms with Gasteiger partial charge < -0.3 is 15.4 Å². The molecule has 0 fully saturated rings. The molecule has 1 unspecified atom stereocenters. The van der Waals surface area contributed by atoms with E-state index in [4.69, 9.17) is 4.74 Å². The number of ether oxygens (including phenoxy) is 1. The molecule has 0 saturated heterocycles. The maximum atomic E-state index is 12.3. The van der Waals surface area contributed by atoms with Gasteiger partial charge in [0.05, 0.1) is 18.5 Å². The summed E-state index contributed by atoms with van der Waals surface area (Å²) < 4.78 is 7.19. The third-order valence-electron chi connectivity index (χ3n) is 3.28. The number of aromatic nitrogens is 2. The molecule has 0 saturated carbocycles. The highest BCUT2D eigenvalue weighted by Crippen LogP contribution is 2.19. The second-order valence-electron chi connectivity index (χ2n) is 4.95. The molecule has 22 heavy (non-hydrogen) atoms. The Morgan fingerprint density at radius 1 is 1.36 bits per heavy atom. The first-order chi connectivity index (χ1) is 10.7. The number of likely N-dealkylation sites (N-methyl/N-ethyl adjacent to an activating group) is 1. The third kappa shape index (κ3) is 3.85. The van der Waals surface area contributed by atoms with Crippen molar-refractivity contribution in [1.82, 2.24) is 20.4 Å². The van der Waals surface area contributed by atoms with E-state index >= 15 is 0 Å². The minimum Gasteiger partial charge on any atom is -0.490 e. The van der Waals surface area contributed by atoms with Crippen molar-refractivity contribution in [1.29, 1.82) is 0 Å². The number of nitrogens with one attached hydrogen (secondary N) is 2. The van der Waals surface area contributed by atoms with Crippen molar-refractivity contribution in [2.45, 2.75) is 19.9 Å². The molecule has 0 aliphatic rings. The van der Waals surface area contributed by atoms with Gasteiger partial charge in [-0.25, -0.2) is 4.68 Å². The summed E-state index contributed by atoms with van der Waals surface area (Å²) in [6, 6.07) is 9.82. The van der Waals surface area contributed by atoms with Crippen LogP contribution in [0.1, 0.15) is 24.3 Å². The first kappa shape index (κ1) is 16.0. The standard InChI is InChI=1S/C16H22N4O2/c1-4-22-14-11-20(13-8-6-5-7-9-13)19-15(14)16(21)18-10-12(2)17-3/h5-9,11-12,17H,4,10H2,1-3H3,(H,18,21). The zero-order chi connectivity index (χ0) is 15.9. The summed E-state index contributed by atoms with van der Waals surface area (Å²) in [5.74, 6) is 0.251. The average molecular weight is 302 g/mol. The fourth-order valence-corrected chi connectivity index (χ4v) is 1.92. The van der Waals surface area contributed by atoms with E-state index in [-0.39, 0.29) is 11.9 Å². The predicted octanol–water partition coefficient (Wildman–Crippen LogP) is 1.61. The van der Waals surface area contributed by atoms with E-state index in [2.05, 4.69) is 15.7 Å². The van der Waals surface area contributed by atoms with Gasteiger partial charge in [-0.2, -0.15) is 5.10 Å². The number of hydrogen-bond donors (Lipinski definition) is 2. The Bertz CT molecular complexity index is 610. The van der Waals surface area contributed by atoms with Crippen molar-refractivity contribution in [3.63, 3.8) is 0 Å². The zero-order valence-electron chi connectivity index (χ0n) is 13.2. The molecule has 0 bridgehead atoms. The van der Waals surface area contributed by atoms with E-state index in [1.54, 1.807) is 10.9 Å². The van der Waals surface area contributed by atoms with E-state index < -0.39 is 0 Å². The van der Waals surface area contributed by atoms with Gasteiger partial charge in [0, 0.05) is 12.6 Å². The first-order valence-corrected chi connectivity index (χ1v) is 7.39. The average Bonchev–Trinajstić information content (AvgIpc) is 2.97. The molecule has 1 aromatic carbocycles. The Morgan fingerprint density at radius 3 is 2.73 bits per heavy atom. The topological polar surface area (TPSA) is 68.2 Å². The van der Waals surface area contributed by atoms with Crippen molar-refractivity contribution in [3.05, 3.63) is 42.2 Å². The van der Waals surface area contributed by atoms with E-state index in [1.165, 1.54) is 0 Å². The molecule has 2 aromatic rings. The van der Waals surface area contributed by atoms with Crippen molar-refractivity contribution in [2.75, 3.05) is 20.2 Å². The molecule has 0 spiro atoms. The molecule has 0 aliphatic heterocycles. The molecule has 1 atom stereocenters. The van der Waals surface area contributed by atoms with Crippen LogP contribution in [0.15, 0.2) is 36.5 Å². The number of hydrogen-bond acceptors (Lipinski definition) is 4. The van der Waals surface area contributed by atoms with Crippen LogP contribution in [0.2, 0.25) is 0 Å². The Balaban J connectivity index is 2.22. The number of para-hydroxylation sites is 1. The van der Waals surface area contributed by atoms with Gasteiger partial charge in [-0.05, 0) is 33.0 Å². The fraction of sp³-hybridized carbons (Fsp3) is 0.375. The molecule has 118 valence electrons. The fourth-order valence-electron chi connectivity index (χ4n) is 1.92. The summed E-state index contributed by atoms with van der Waals surface area (Å²) in [5.41, 5.74) is 1.18. The second kappa shape index (κ2) is 7.61. The minimum absolute atomic E-state index is 0.190. The van der Waals surface area contributed by atoms with Gasteiger partial charge in [-0.3, -0.25) is 4.79 Å². The highest BCUT2D eigenvalue weighted by molar-refractivity contribution is 5.95. The third-order valence-corrected chi connectivity index (χ3v) is 3.28. The lowest BCUT2D eigenvalue weighted by Gasteiger charge is -2.10. The van der Waals surface area contributed by atoms with Crippen molar-refractivity contribution >= 4 is 5.91 Å². The summed E-state index contributed by atoms with van der Waals surface area (Å²) in [7, 11) is 1.85. The lowest BCUT2D eigenvalue weighted by molar-refractivity contribution is 0.0941. The molecule has 0 radical (unpaired) electrons. The Kier molecular flexibility index (Phi) is 5.55. The zero-order valence-corrected chi connectivity index (χ0v) is 13.2. The SMILES string of the molecule is CCOc1cn(-c2ccccc2)nc1C(=O)NCC(C)NC. The number of carbonyl (C=O) groups is 1. The van der Waals surface area contributed by atoms with Gasteiger partial charge in [0.25, 0.3) is 5.91 Å². The van der Waals surface area contributed by atoms with Crippen molar-refractivity contribution in [2.24, 2.45) is 0 Å². The van der Waals surface area contributed by atoms with Crippen LogP contribution in [0.3, 0.4) is 0 Å². The Labute approximate surface area is 130 Å². The van der Waals surface area contributed by atoms with Crippen LogP contribution in [0.5, 0.6) is 5.75 Å². The molecule has 1 heterocycles. The van der Waals surface area contributed by atoms with E-state index in [9.17, 15) is 4.79 Å². The molecule has 0 aliphatic carbocycles. The Morgan fingerprint density at radius 2 is 2.09 bits per heavy atom. The molecular weight excluding hydrogens is 280 g/mol. The van der Waals surface area contributed by atoms with Gasteiger partial charge in [-0.15, -0.1) is 0 Å². The molecular formula is C16H22N4O2. The van der Waals surface area contributed by atoms with E-state index in [0.717, 1.165) is 5.69 Å². The quantitative estimate of drug-likeness (QED) is 0.815. The summed E-state index contributed by atoms with van der Waals surface area (Å²) >= 11 is 0. The Hall–Kier alpha value is -2.34. The molecule has 6 heteroatoms. The highest BCUT2D eigenvalue weighted by Gasteiger charge is 2.19. The highest BCUT2D eigenvalue weighted by atomic mass is 16.5. The monoisotopic (exact) mass is 302 g/mol. The molecule has 1 aromatic heterocycles. The van der Waals surface area contributed by atoms with Crippen molar-refractivity contribution in [3.8, 4) is 11.4 Å².